The zero-order valence-corrected chi connectivity index (χ0v) is 14.1. The van der Waals surface area contributed by atoms with Gasteiger partial charge < -0.3 is 5.32 Å². The number of nitrogens with one attached hydrogen (secondary N) is 1. The summed E-state index contributed by atoms with van der Waals surface area (Å²) in [5.74, 6) is -1.01. The lowest BCUT2D eigenvalue weighted by Crippen LogP contribution is -2.14. The summed E-state index contributed by atoms with van der Waals surface area (Å²) in [6, 6.07) is 7.95. The van der Waals surface area contributed by atoms with Crippen molar-refractivity contribution >= 4 is 43.5 Å². The Labute approximate surface area is 133 Å². The molecule has 0 aliphatic rings. The van der Waals surface area contributed by atoms with Crippen molar-refractivity contribution in [2.24, 2.45) is 0 Å². The van der Waals surface area contributed by atoms with Crippen LogP contribution >= 0.6 is 31.9 Å². The third-order valence-corrected chi connectivity index (χ3v) is 4.61. The first kappa shape index (κ1) is 15.2. The Kier molecular flexibility index (Phi) is 4.60. The first-order valence-corrected chi connectivity index (χ1v) is 7.50. The van der Waals surface area contributed by atoms with Gasteiger partial charge in [0.25, 0.3) is 5.91 Å². The zero-order chi connectivity index (χ0) is 14.9. The summed E-state index contributed by atoms with van der Waals surface area (Å²) in [6.45, 7) is 3.87. The lowest BCUT2D eigenvalue weighted by atomic mass is 10.1. The largest absolute Gasteiger partial charge is 0.322 e. The molecule has 2 nitrogen and oxygen atoms in total. The van der Waals surface area contributed by atoms with E-state index in [0.717, 1.165) is 15.6 Å². The number of hydrogen-bond acceptors (Lipinski definition) is 1. The molecule has 0 saturated heterocycles. The van der Waals surface area contributed by atoms with Crippen molar-refractivity contribution in [3.05, 3.63) is 61.8 Å². The molecule has 0 unspecified atom stereocenters. The number of amides is 1. The lowest BCUT2D eigenvalue weighted by molar-refractivity contribution is 0.102. The second-order valence-corrected chi connectivity index (χ2v) is 6.21. The molecule has 20 heavy (non-hydrogen) atoms. The molecular formula is C15H12Br2FNO. The van der Waals surface area contributed by atoms with Crippen molar-refractivity contribution in [1.82, 2.24) is 0 Å². The van der Waals surface area contributed by atoms with Crippen molar-refractivity contribution in [3.8, 4) is 0 Å². The van der Waals surface area contributed by atoms with Gasteiger partial charge in [0.05, 0.1) is 5.56 Å². The van der Waals surface area contributed by atoms with Crippen LogP contribution in [0.2, 0.25) is 0 Å². The fourth-order valence-electron chi connectivity index (χ4n) is 1.89. The second-order valence-electron chi connectivity index (χ2n) is 4.50. The average Bonchev–Trinajstić information content (AvgIpc) is 2.38. The van der Waals surface area contributed by atoms with E-state index in [0.29, 0.717) is 10.2 Å². The molecular weight excluding hydrogens is 389 g/mol. The molecule has 0 saturated carbocycles. The van der Waals surface area contributed by atoms with Crippen LogP contribution in [-0.2, 0) is 0 Å². The standard InChI is InChI=1S/C15H12Br2FNO/c1-8-5-11(6-9(2)14(8)17)19-15(20)12-7-10(16)3-4-13(12)18/h3-7H,1-2H3,(H,19,20). The summed E-state index contributed by atoms with van der Waals surface area (Å²) in [6.07, 6.45) is 0. The SMILES string of the molecule is Cc1cc(NC(=O)c2cc(Br)ccc2F)cc(C)c1Br. The molecule has 2 rings (SSSR count). The Bertz CT molecular complexity index is 663. The molecule has 1 N–H and O–H groups in total. The van der Waals surface area contributed by atoms with Crippen LogP contribution in [0.4, 0.5) is 10.1 Å². The number of hydrogen-bond donors (Lipinski definition) is 1. The van der Waals surface area contributed by atoms with E-state index < -0.39 is 11.7 Å². The Balaban J connectivity index is 2.30. The van der Waals surface area contributed by atoms with Crippen molar-refractivity contribution in [2.45, 2.75) is 13.8 Å². The highest BCUT2D eigenvalue weighted by atomic mass is 79.9. The number of benzene rings is 2. The number of anilines is 1. The van der Waals surface area contributed by atoms with Gasteiger partial charge in [-0.05, 0) is 55.3 Å². The molecule has 0 aliphatic carbocycles. The number of rotatable bonds is 2. The van der Waals surface area contributed by atoms with E-state index in [1.165, 1.54) is 12.1 Å². The fourth-order valence-corrected chi connectivity index (χ4v) is 2.48. The molecule has 1 amide bonds. The minimum Gasteiger partial charge on any atom is -0.322 e. The summed E-state index contributed by atoms with van der Waals surface area (Å²) >= 11 is 6.70. The first-order chi connectivity index (χ1) is 9.38. The Morgan fingerprint density at radius 2 is 1.70 bits per heavy atom. The Hall–Kier alpha value is -1.20. The fraction of sp³-hybridized carbons (Fsp3) is 0.133. The van der Waals surface area contributed by atoms with Gasteiger partial charge in [0.2, 0.25) is 0 Å². The van der Waals surface area contributed by atoms with Crippen LogP contribution in [0.15, 0.2) is 39.3 Å². The van der Waals surface area contributed by atoms with Gasteiger partial charge in [-0.2, -0.15) is 0 Å². The Morgan fingerprint density at radius 1 is 1.10 bits per heavy atom. The second kappa shape index (κ2) is 6.06. The van der Waals surface area contributed by atoms with Gasteiger partial charge in [-0.1, -0.05) is 31.9 Å². The van der Waals surface area contributed by atoms with E-state index in [2.05, 4.69) is 37.2 Å². The number of carbonyl (C=O) groups is 1. The molecule has 0 fully saturated rings. The van der Waals surface area contributed by atoms with Gasteiger partial charge in [0.15, 0.2) is 0 Å². The predicted octanol–water partition coefficient (Wildman–Crippen LogP) is 5.22. The summed E-state index contributed by atoms with van der Waals surface area (Å²) in [7, 11) is 0. The minimum atomic E-state index is -0.545. The summed E-state index contributed by atoms with van der Waals surface area (Å²) < 4.78 is 15.3. The first-order valence-electron chi connectivity index (χ1n) is 5.91. The molecule has 5 heteroatoms. The minimum absolute atomic E-state index is 0.0117. The van der Waals surface area contributed by atoms with Gasteiger partial charge in [-0.3, -0.25) is 4.79 Å². The summed E-state index contributed by atoms with van der Waals surface area (Å²) in [5, 5.41) is 2.71. The molecule has 0 bridgehead atoms. The smallest absolute Gasteiger partial charge is 0.258 e. The zero-order valence-electron chi connectivity index (χ0n) is 10.9. The van der Waals surface area contributed by atoms with E-state index in [4.69, 9.17) is 0 Å². The Morgan fingerprint density at radius 3 is 2.30 bits per heavy atom. The summed E-state index contributed by atoms with van der Waals surface area (Å²) in [4.78, 5) is 12.1. The number of carbonyl (C=O) groups excluding carboxylic acids is 1. The molecule has 2 aromatic rings. The van der Waals surface area contributed by atoms with Crippen molar-refractivity contribution in [3.63, 3.8) is 0 Å². The maximum atomic E-state index is 13.7. The maximum Gasteiger partial charge on any atom is 0.258 e. The van der Waals surface area contributed by atoms with Gasteiger partial charge in [-0.25, -0.2) is 4.39 Å². The van der Waals surface area contributed by atoms with Crippen LogP contribution in [0.1, 0.15) is 21.5 Å². The van der Waals surface area contributed by atoms with Crippen LogP contribution in [0.5, 0.6) is 0 Å². The molecule has 0 aliphatic heterocycles. The highest BCUT2D eigenvalue weighted by Gasteiger charge is 2.13. The van der Waals surface area contributed by atoms with Crippen LogP contribution in [0.3, 0.4) is 0 Å². The van der Waals surface area contributed by atoms with Crippen molar-refractivity contribution in [2.75, 3.05) is 5.32 Å². The van der Waals surface area contributed by atoms with Crippen LogP contribution in [-0.4, -0.2) is 5.91 Å². The van der Waals surface area contributed by atoms with E-state index in [1.54, 1.807) is 6.07 Å². The highest BCUT2D eigenvalue weighted by molar-refractivity contribution is 9.10. The van der Waals surface area contributed by atoms with Crippen molar-refractivity contribution < 1.29 is 9.18 Å². The van der Waals surface area contributed by atoms with E-state index in [9.17, 15) is 9.18 Å². The van der Waals surface area contributed by atoms with E-state index in [-0.39, 0.29) is 5.56 Å². The number of aryl methyl sites for hydroxylation is 2. The van der Waals surface area contributed by atoms with E-state index >= 15 is 0 Å². The third-order valence-electron chi connectivity index (χ3n) is 2.87. The highest BCUT2D eigenvalue weighted by Crippen LogP contribution is 2.25. The van der Waals surface area contributed by atoms with Gasteiger partial charge in [-0.15, -0.1) is 0 Å². The van der Waals surface area contributed by atoms with Gasteiger partial charge in [0, 0.05) is 14.6 Å². The van der Waals surface area contributed by atoms with Crippen LogP contribution in [0.25, 0.3) is 0 Å². The van der Waals surface area contributed by atoms with Crippen molar-refractivity contribution in [1.29, 1.82) is 0 Å². The van der Waals surface area contributed by atoms with E-state index in [1.807, 2.05) is 26.0 Å². The van der Waals surface area contributed by atoms with Crippen LogP contribution < -0.4 is 5.32 Å². The van der Waals surface area contributed by atoms with Gasteiger partial charge >= 0.3 is 0 Å². The third kappa shape index (κ3) is 3.27. The number of halogens is 3. The molecule has 2 aromatic carbocycles. The van der Waals surface area contributed by atoms with Crippen LogP contribution in [0, 0.1) is 19.7 Å². The topological polar surface area (TPSA) is 29.1 Å². The molecule has 0 heterocycles. The lowest BCUT2D eigenvalue weighted by Gasteiger charge is -2.10. The molecule has 0 aromatic heterocycles. The average molecular weight is 401 g/mol. The molecule has 0 atom stereocenters. The molecule has 0 spiro atoms. The maximum absolute atomic E-state index is 13.7. The summed E-state index contributed by atoms with van der Waals surface area (Å²) in [5.41, 5.74) is 2.68. The van der Waals surface area contributed by atoms with Gasteiger partial charge in [0.1, 0.15) is 5.82 Å². The monoisotopic (exact) mass is 399 g/mol. The molecule has 104 valence electrons. The quantitative estimate of drug-likeness (QED) is 0.735. The molecule has 0 radical (unpaired) electrons. The predicted molar refractivity (Wildman–Crippen MR) is 85.7 cm³/mol. The normalized spacial score (nSPS) is 10.4.